The summed E-state index contributed by atoms with van der Waals surface area (Å²) in [6, 6.07) is 10.9. The fourth-order valence-corrected chi connectivity index (χ4v) is 3.57. The molecule has 1 fully saturated rings. The Morgan fingerprint density at radius 1 is 1.13 bits per heavy atom. The van der Waals surface area contributed by atoms with Crippen molar-refractivity contribution in [3.05, 3.63) is 64.7 Å². The minimum atomic E-state index is -0.347. The highest BCUT2D eigenvalue weighted by Gasteiger charge is 2.15. The van der Waals surface area contributed by atoms with Crippen LogP contribution in [0.1, 0.15) is 18.4 Å². The Morgan fingerprint density at radius 3 is 2.70 bits per heavy atom. The molecule has 4 rings (SSSR count). The van der Waals surface area contributed by atoms with Crippen LogP contribution in [0.4, 0.5) is 11.5 Å². The minimum Gasteiger partial charge on any atom is -0.496 e. The number of hydrogen-bond donors (Lipinski definition) is 1. The van der Waals surface area contributed by atoms with Gasteiger partial charge in [0, 0.05) is 30.8 Å². The summed E-state index contributed by atoms with van der Waals surface area (Å²) in [7, 11) is 1.62. The standard InChI is InChI=1S/C21H24N6O3/c1-30-18-7-3-2-6-16(18)14-26-19(8-9-22-26)24-20(28)15-27-21(29)12-17(13-23-27)25-10-4-5-11-25/h2-3,6-9,12-13H,4-5,10-11,14-15H2,1H3,(H,24,28). The lowest BCUT2D eigenvalue weighted by Gasteiger charge is -2.17. The molecule has 156 valence electrons. The van der Waals surface area contributed by atoms with E-state index in [2.05, 4.69) is 20.4 Å². The molecule has 0 radical (unpaired) electrons. The first-order valence-corrected chi connectivity index (χ1v) is 9.90. The Bertz CT molecular complexity index is 1080. The molecule has 1 aliphatic heterocycles. The maximum absolute atomic E-state index is 12.5. The lowest BCUT2D eigenvalue weighted by Crippen LogP contribution is -2.31. The predicted octanol–water partition coefficient (Wildman–Crippen LogP) is 1.74. The van der Waals surface area contributed by atoms with Gasteiger partial charge in [-0.2, -0.15) is 10.2 Å². The lowest BCUT2D eigenvalue weighted by molar-refractivity contribution is -0.117. The van der Waals surface area contributed by atoms with Crippen LogP contribution < -0.4 is 20.5 Å². The summed E-state index contributed by atoms with van der Waals surface area (Å²) in [5, 5.41) is 11.2. The van der Waals surface area contributed by atoms with Crippen LogP contribution in [0.3, 0.4) is 0 Å². The van der Waals surface area contributed by atoms with E-state index in [0.717, 1.165) is 47.6 Å². The average molecular weight is 408 g/mol. The van der Waals surface area contributed by atoms with Gasteiger partial charge in [0.05, 0.1) is 31.7 Å². The third-order valence-electron chi connectivity index (χ3n) is 5.12. The second-order valence-corrected chi connectivity index (χ2v) is 7.14. The zero-order chi connectivity index (χ0) is 20.9. The van der Waals surface area contributed by atoms with E-state index in [-0.39, 0.29) is 18.0 Å². The SMILES string of the molecule is COc1ccccc1Cn1nccc1NC(=O)Cn1ncc(N2CCCC2)cc1=O. The molecule has 0 bridgehead atoms. The molecule has 3 aromatic rings. The first-order chi connectivity index (χ1) is 14.6. The number of benzene rings is 1. The molecule has 30 heavy (non-hydrogen) atoms. The van der Waals surface area contributed by atoms with Gasteiger partial charge in [-0.05, 0) is 18.9 Å². The largest absolute Gasteiger partial charge is 0.496 e. The van der Waals surface area contributed by atoms with Crippen LogP contribution >= 0.6 is 0 Å². The first-order valence-electron chi connectivity index (χ1n) is 9.90. The third-order valence-corrected chi connectivity index (χ3v) is 5.12. The van der Waals surface area contributed by atoms with E-state index in [0.29, 0.717) is 12.4 Å². The summed E-state index contributed by atoms with van der Waals surface area (Å²) in [6.07, 6.45) is 5.49. The van der Waals surface area contributed by atoms with Gasteiger partial charge in [0.25, 0.3) is 5.56 Å². The van der Waals surface area contributed by atoms with Gasteiger partial charge in [0.15, 0.2) is 0 Å². The van der Waals surface area contributed by atoms with Crippen LogP contribution in [0.2, 0.25) is 0 Å². The fraction of sp³-hybridized carbons (Fsp3) is 0.333. The van der Waals surface area contributed by atoms with E-state index < -0.39 is 0 Å². The van der Waals surface area contributed by atoms with Crippen LogP contribution in [-0.4, -0.2) is 45.7 Å². The number of aromatic nitrogens is 4. The number of ether oxygens (including phenoxy) is 1. The number of hydrogen-bond acceptors (Lipinski definition) is 6. The quantitative estimate of drug-likeness (QED) is 0.640. The number of carbonyl (C=O) groups is 1. The highest BCUT2D eigenvalue weighted by molar-refractivity contribution is 5.89. The van der Waals surface area contributed by atoms with Crippen molar-refractivity contribution in [2.45, 2.75) is 25.9 Å². The molecular formula is C21H24N6O3. The summed E-state index contributed by atoms with van der Waals surface area (Å²) in [5.74, 6) is 0.937. The third kappa shape index (κ3) is 4.35. The van der Waals surface area contributed by atoms with Gasteiger partial charge in [-0.3, -0.25) is 9.59 Å². The Balaban J connectivity index is 1.43. The topological polar surface area (TPSA) is 94.3 Å². The fourth-order valence-electron chi connectivity index (χ4n) is 3.57. The van der Waals surface area contributed by atoms with Crippen molar-refractivity contribution in [1.82, 2.24) is 19.6 Å². The van der Waals surface area contributed by atoms with E-state index >= 15 is 0 Å². The summed E-state index contributed by atoms with van der Waals surface area (Å²) in [4.78, 5) is 27.0. The Kier molecular flexibility index (Phi) is 5.78. The molecule has 9 heteroatoms. The molecule has 1 saturated heterocycles. The van der Waals surface area contributed by atoms with Crippen LogP contribution in [0.25, 0.3) is 0 Å². The van der Waals surface area contributed by atoms with E-state index in [4.69, 9.17) is 4.74 Å². The first kappa shape index (κ1) is 19.7. The van der Waals surface area contributed by atoms with Crippen LogP contribution in [0.5, 0.6) is 5.75 Å². The molecule has 1 aromatic carbocycles. The second kappa shape index (κ2) is 8.81. The number of para-hydroxylation sites is 1. The van der Waals surface area contributed by atoms with E-state index in [1.54, 1.807) is 30.3 Å². The monoisotopic (exact) mass is 408 g/mol. The molecule has 0 saturated carbocycles. The van der Waals surface area contributed by atoms with Gasteiger partial charge >= 0.3 is 0 Å². The Hall–Kier alpha value is -3.62. The zero-order valence-electron chi connectivity index (χ0n) is 16.8. The Morgan fingerprint density at radius 2 is 1.93 bits per heavy atom. The van der Waals surface area contributed by atoms with E-state index in [1.807, 2.05) is 24.3 Å². The van der Waals surface area contributed by atoms with Crippen LogP contribution in [0.15, 0.2) is 53.6 Å². The maximum Gasteiger partial charge on any atom is 0.269 e. The molecular weight excluding hydrogens is 384 g/mol. The van der Waals surface area contributed by atoms with E-state index in [1.165, 1.54) is 6.07 Å². The highest BCUT2D eigenvalue weighted by atomic mass is 16.5. The van der Waals surface area contributed by atoms with Crippen LogP contribution in [0, 0.1) is 0 Å². The smallest absolute Gasteiger partial charge is 0.269 e. The number of rotatable bonds is 7. The number of carbonyl (C=O) groups excluding carboxylic acids is 1. The molecule has 0 atom stereocenters. The summed E-state index contributed by atoms with van der Waals surface area (Å²) >= 11 is 0. The Labute approximate surface area is 173 Å². The van der Waals surface area contributed by atoms with Gasteiger partial charge in [-0.25, -0.2) is 9.36 Å². The predicted molar refractivity (Wildman–Crippen MR) is 113 cm³/mol. The van der Waals surface area contributed by atoms with Crippen molar-refractivity contribution in [3.63, 3.8) is 0 Å². The van der Waals surface area contributed by atoms with Crippen molar-refractivity contribution in [2.24, 2.45) is 0 Å². The van der Waals surface area contributed by atoms with Crippen molar-refractivity contribution in [1.29, 1.82) is 0 Å². The molecule has 1 amide bonds. The van der Waals surface area contributed by atoms with Gasteiger partial charge in [-0.1, -0.05) is 18.2 Å². The average Bonchev–Trinajstić information content (AvgIpc) is 3.43. The molecule has 0 unspecified atom stereocenters. The number of nitrogens with one attached hydrogen (secondary N) is 1. The molecule has 0 spiro atoms. The summed E-state index contributed by atoms with van der Waals surface area (Å²) < 4.78 is 8.21. The normalized spacial score (nSPS) is 13.4. The van der Waals surface area contributed by atoms with Gasteiger partial charge < -0.3 is 15.0 Å². The van der Waals surface area contributed by atoms with Crippen molar-refractivity contribution in [3.8, 4) is 5.75 Å². The number of anilines is 2. The lowest BCUT2D eigenvalue weighted by atomic mass is 10.2. The van der Waals surface area contributed by atoms with Crippen molar-refractivity contribution < 1.29 is 9.53 Å². The molecule has 3 heterocycles. The molecule has 1 aliphatic rings. The second-order valence-electron chi connectivity index (χ2n) is 7.14. The van der Waals surface area contributed by atoms with Gasteiger partial charge in [0.1, 0.15) is 18.1 Å². The van der Waals surface area contributed by atoms with Crippen molar-refractivity contribution in [2.75, 3.05) is 30.4 Å². The van der Waals surface area contributed by atoms with Gasteiger partial charge in [0.2, 0.25) is 5.91 Å². The molecule has 0 aliphatic carbocycles. The molecule has 1 N–H and O–H groups in total. The maximum atomic E-state index is 12.5. The molecule has 9 nitrogen and oxygen atoms in total. The van der Waals surface area contributed by atoms with Crippen LogP contribution in [-0.2, 0) is 17.9 Å². The number of nitrogens with zero attached hydrogens (tertiary/aromatic N) is 5. The summed E-state index contributed by atoms with van der Waals surface area (Å²) in [5.41, 5.74) is 1.45. The highest BCUT2D eigenvalue weighted by Crippen LogP contribution is 2.20. The minimum absolute atomic E-state index is 0.168. The van der Waals surface area contributed by atoms with Crippen molar-refractivity contribution >= 4 is 17.4 Å². The van der Waals surface area contributed by atoms with E-state index in [9.17, 15) is 9.59 Å². The van der Waals surface area contributed by atoms with Gasteiger partial charge in [-0.15, -0.1) is 0 Å². The molecule has 2 aromatic heterocycles. The zero-order valence-corrected chi connectivity index (χ0v) is 16.8. The number of methoxy groups -OCH3 is 1. The number of amides is 1. The summed E-state index contributed by atoms with van der Waals surface area (Å²) in [6.45, 7) is 2.14.